The average molecular weight is 280 g/mol. The fourth-order valence-corrected chi connectivity index (χ4v) is 1.80. The normalized spacial score (nSPS) is 10.5. The molecule has 1 aromatic carbocycles. The van der Waals surface area contributed by atoms with Gasteiger partial charge in [-0.05, 0) is 24.6 Å². The quantitative estimate of drug-likeness (QED) is 0.884. The molecule has 100 valence electrons. The Kier molecular flexibility index (Phi) is 4.13. The van der Waals surface area contributed by atoms with Gasteiger partial charge >= 0.3 is 0 Å². The van der Waals surface area contributed by atoms with E-state index in [1.54, 1.807) is 12.1 Å². The fraction of sp³-hybridized carbons (Fsp3) is 0.250. The number of benzene rings is 1. The zero-order chi connectivity index (χ0) is 13.8. The van der Waals surface area contributed by atoms with E-state index in [1.165, 1.54) is 10.9 Å². The van der Waals surface area contributed by atoms with Gasteiger partial charge in [0.15, 0.2) is 0 Å². The van der Waals surface area contributed by atoms with Crippen molar-refractivity contribution >= 4 is 23.2 Å². The topological polar surface area (TPSA) is 85.8 Å². The number of carbonyl (C=O) groups excluding carboxylic acids is 1. The number of nitrogens with zero attached hydrogens (tertiary/aromatic N) is 3. The molecule has 7 heteroatoms. The number of nitrogens with one attached hydrogen (secondary N) is 1. The zero-order valence-electron chi connectivity index (χ0n) is 10.4. The standard InChI is InChI=1S/C12H14ClN5O/c1-8-2-3-9(13)4-11(8)16-12(19)7-18-10(5-14)6-15-17-18/h2-4,6H,5,7,14H2,1H3,(H,16,19). The van der Waals surface area contributed by atoms with Gasteiger partial charge in [0.25, 0.3) is 0 Å². The first kappa shape index (κ1) is 13.5. The summed E-state index contributed by atoms with van der Waals surface area (Å²) in [4.78, 5) is 11.9. The van der Waals surface area contributed by atoms with Crippen molar-refractivity contribution in [1.29, 1.82) is 0 Å². The highest BCUT2D eigenvalue weighted by atomic mass is 35.5. The van der Waals surface area contributed by atoms with Crippen LogP contribution >= 0.6 is 11.6 Å². The molecule has 0 atom stereocenters. The van der Waals surface area contributed by atoms with Crippen molar-refractivity contribution in [2.75, 3.05) is 5.32 Å². The Labute approximate surface area is 115 Å². The molecule has 2 aromatic rings. The Morgan fingerprint density at radius 1 is 1.53 bits per heavy atom. The van der Waals surface area contributed by atoms with Crippen LogP contribution in [0.5, 0.6) is 0 Å². The Balaban J connectivity index is 2.07. The second-order valence-electron chi connectivity index (χ2n) is 4.09. The Morgan fingerprint density at radius 2 is 2.32 bits per heavy atom. The van der Waals surface area contributed by atoms with Gasteiger partial charge in [0.2, 0.25) is 5.91 Å². The van der Waals surface area contributed by atoms with Crippen LogP contribution in [-0.4, -0.2) is 20.9 Å². The molecule has 0 aliphatic rings. The Hall–Kier alpha value is -1.92. The number of amides is 1. The summed E-state index contributed by atoms with van der Waals surface area (Å²) < 4.78 is 1.47. The molecule has 0 radical (unpaired) electrons. The average Bonchev–Trinajstić information content (AvgIpc) is 2.81. The summed E-state index contributed by atoms with van der Waals surface area (Å²) in [5.41, 5.74) is 7.85. The lowest BCUT2D eigenvalue weighted by Gasteiger charge is -2.09. The first-order valence-electron chi connectivity index (χ1n) is 5.73. The van der Waals surface area contributed by atoms with Gasteiger partial charge in [0.1, 0.15) is 6.54 Å². The molecule has 0 saturated heterocycles. The monoisotopic (exact) mass is 279 g/mol. The molecule has 6 nitrogen and oxygen atoms in total. The SMILES string of the molecule is Cc1ccc(Cl)cc1NC(=O)Cn1nncc1CN. The molecule has 0 spiro atoms. The molecule has 2 rings (SSSR count). The summed E-state index contributed by atoms with van der Waals surface area (Å²) in [5, 5.41) is 10.9. The van der Waals surface area contributed by atoms with E-state index in [-0.39, 0.29) is 19.0 Å². The highest BCUT2D eigenvalue weighted by Gasteiger charge is 2.09. The van der Waals surface area contributed by atoms with Gasteiger partial charge in [0, 0.05) is 17.3 Å². The predicted molar refractivity (Wildman–Crippen MR) is 72.7 cm³/mol. The van der Waals surface area contributed by atoms with Gasteiger partial charge in [-0.1, -0.05) is 22.9 Å². The number of halogens is 1. The van der Waals surface area contributed by atoms with Crippen LogP contribution in [0.15, 0.2) is 24.4 Å². The van der Waals surface area contributed by atoms with Crippen molar-refractivity contribution < 1.29 is 4.79 Å². The number of carbonyl (C=O) groups is 1. The minimum atomic E-state index is -0.203. The zero-order valence-corrected chi connectivity index (χ0v) is 11.2. The predicted octanol–water partition coefficient (Wildman–Crippen LogP) is 1.34. The number of nitrogens with two attached hydrogens (primary N) is 1. The number of aromatic nitrogens is 3. The summed E-state index contributed by atoms with van der Waals surface area (Å²) in [6.07, 6.45) is 1.54. The molecule has 1 heterocycles. The smallest absolute Gasteiger partial charge is 0.246 e. The highest BCUT2D eigenvalue weighted by molar-refractivity contribution is 6.31. The van der Waals surface area contributed by atoms with E-state index < -0.39 is 0 Å². The second kappa shape index (κ2) is 5.81. The number of anilines is 1. The highest BCUT2D eigenvalue weighted by Crippen LogP contribution is 2.20. The van der Waals surface area contributed by atoms with E-state index in [0.29, 0.717) is 16.4 Å². The number of rotatable bonds is 4. The third-order valence-electron chi connectivity index (χ3n) is 2.67. The molecule has 19 heavy (non-hydrogen) atoms. The molecule has 0 aliphatic carbocycles. The maximum Gasteiger partial charge on any atom is 0.246 e. The van der Waals surface area contributed by atoms with Crippen molar-refractivity contribution in [3.8, 4) is 0 Å². The maximum absolute atomic E-state index is 11.9. The number of aryl methyl sites for hydroxylation is 1. The van der Waals surface area contributed by atoms with Crippen LogP contribution in [0.2, 0.25) is 5.02 Å². The molecule has 1 amide bonds. The molecule has 0 fully saturated rings. The van der Waals surface area contributed by atoms with Crippen LogP contribution in [0.1, 0.15) is 11.3 Å². The van der Waals surface area contributed by atoms with E-state index in [2.05, 4.69) is 15.6 Å². The second-order valence-corrected chi connectivity index (χ2v) is 4.53. The van der Waals surface area contributed by atoms with Crippen molar-refractivity contribution in [3.05, 3.63) is 40.7 Å². The van der Waals surface area contributed by atoms with Crippen molar-refractivity contribution in [1.82, 2.24) is 15.0 Å². The van der Waals surface area contributed by atoms with Crippen molar-refractivity contribution in [2.24, 2.45) is 5.73 Å². The maximum atomic E-state index is 11.9. The Morgan fingerprint density at radius 3 is 3.05 bits per heavy atom. The molecule has 0 unspecified atom stereocenters. The molecular weight excluding hydrogens is 266 g/mol. The van der Waals surface area contributed by atoms with Crippen molar-refractivity contribution in [2.45, 2.75) is 20.0 Å². The number of hydrogen-bond donors (Lipinski definition) is 2. The Bertz CT molecular complexity index is 596. The van der Waals surface area contributed by atoms with E-state index in [9.17, 15) is 4.79 Å². The summed E-state index contributed by atoms with van der Waals surface area (Å²) in [6.45, 7) is 2.25. The van der Waals surface area contributed by atoms with Gasteiger partial charge in [0.05, 0.1) is 11.9 Å². The van der Waals surface area contributed by atoms with Gasteiger partial charge in [-0.3, -0.25) is 4.79 Å². The van der Waals surface area contributed by atoms with E-state index in [0.717, 1.165) is 5.56 Å². The van der Waals surface area contributed by atoms with E-state index >= 15 is 0 Å². The molecule has 0 aliphatic heterocycles. The van der Waals surface area contributed by atoms with Crippen LogP contribution in [0.4, 0.5) is 5.69 Å². The molecule has 0 saturated carbocycles. The summed E-state index contributed by atoms with van der Waals surface area (Å²) in [7, 11) is 0. The van der Waals surface area contributed by atoms with Crippen LogP contribution in [-0.2, 0) is 17.9 Å². The minimum absolute atomic E-state index is 0.0679. The van der Waals surface area contributed by atoms with Crippen LogP contribution in [0.25, 0.3) is 0 Å². The molecule has 0 bridgehead atoms. The van der Waals surface area contributed by atoms with Gasteiger partial charge in [-0.15, -0.1) is 5.10 Å². The van der Waals surface area contributed by atoms with Crippen molar-refractivity contribution in [3.63, 3.8) is 0 Å². The van der Waals surface area contributed by atoms with Crippen LogP contribution < -0.4 is 11.1 Å². The molecule has 3 N–H and O–H groups in total. The fourth-order valence-electron chi connectivity index (χ4n) is 1.62. The summed E-state index contributed by atoms with van der Waals surface area (Å²) >= 11 is 5.90. The lowest BCUT2D eigenvalue weighted by molar-refractivity contribution is -0.117. The van der Waals surface area contributed by atoms with Gasteiger partial charge in [-0.25, -0.2) is 4.68 Å². The lowest BCUT2D eigenvalue weighted by Crippen LogP contribution is -2.22. The molecule has 1 aromatic heterocycles. The first-order valence-corrected chi connectivity index (χ1v) is 6.11. The summed E-state index contributed by atoms with van der Waals surface area (Å²) in [6, 6.07) is 5.33. The van der Waals surface area contributed by atoms with E-state index in [4.69, 9.17) is 17.3 Å². The first-order chi connectivity index (χ1) is 9.10. The van der Waals surface area contributed by atoms with E-state index in [1.807, 2.05) is 13.0 Å². The van der Waals surface area contributed by atoms with Gasteiger partial charge in [-0.2, -0.15) is 0 Å². The number of hydrogen-bond acceptors (Lipinski definition) is 4. The third-order valence-corrected chi connectivity index (χ3v) is 2.91. The summed E-state index contributed by atoms with van der Waals surface area (Å²) in [5.74, 6) is -0.203. The van der Waals surface area contributed by atoms with Gasteiger partial charge < -0.3 is 11.1 Å². The van der Waals surface area contributed by atoms with Crippen LogP contribution in [0, 0.1) is 6.92 Å². The minimum Gasteiger partial charge on any atom is -0.325 e. The lowest BCUT2D eigenvalue weighted by atomic mass is 10.2. The molecular formula is C12H14ClN5O. The van der Waals surface area contributed by atoms with Crippen LogP contribution in [0.3, 0.4) is 0 Å². The third kappa shape index (κ3) is 3.30. The largest absolute Gasteiger partial charge is 0.325 e.